The fraction of sp³-hybridized carbons (Fsp3) is 0.435. The maximum atomic E-state index is 13.4. The molecule has 3 aliphatic rings. The molecule has 0 saturated carbocycles. The monoisotopic (exact) mass is 478 g/mol. The number of aliphatic hydroxyl groups is 1. The van der Waals surface area contributed by atoms with Gasteiger partial charge in [0.15, 0.2) is 0 Å². The zero-order valence-corrected chi connectivity index (χ0v) is 18.7. The molecule has 0 radical (unpaired) electrons. The number of rotatable bonds is 4. The van der Waals surface area contributed by atoms with E-state index < -0.39 is 23.4 Å². The molecule has 176 valence electrons. The van der Waals surface area contributed by atoms with Crippen LogP contribution >= 0.6 is 11.8 Å². The number of halogens is 3. The first kappa shape index (κ1) is 22.5. The van der Waals surface area contributed by atoms with Gasteiger partial charge < -0.3 is 20.2 Å². The molecule has 0 aromatic heterocycles. The Morgan fingerprint density at radius 2 is 1.79 bits per heavy atom. The Hall–Kier alpha value is -2.27. The minimum atomic E-state index is -4.44. The standard InChI is InChI=1S/C23H25F3N4O2S/c24-23(25,26)15-5-6-20-18(11-15)30(17-3-1-2-4-19(17)33-20)13-16(31)12-29-9-7-22(8-10-29)21(32)27-14-28-22/h1-6,11,16,28,31H,7-10,12-14H2,(H,27,32). The van der Waals surface area contributed by atoms with Crippen molar-refractivity contribution >= 4 is 29.0 Å². The number of amides is 1. The van der Waals surface area contributed by atoms with Gasteiger partial charge in [0.1, 0.15) is 5.54 Å². The fourth-order valence-corrected chi connectivity index (χ4v) is 5.91. The third-order valence-electron chi connectivity index (χ3n) is 6.64. The van der Waals surface area contributed by atoms with E-state index in [0.717, 1.165) is 21.5 Å². The number of carbonyl (C=O) groups is 1. The number of fused-ring (bicyclic) bond motifs is 2. The number of hydrogen-bond donors (Lipinski definition) is 3. The highest BCUT2D eigenvalue weighted by atomic mass is 32.2. The lowest BCUT2D eigenvalue weighted by Crippen LogP contribution is -2.55. The van der Waals surface area contributed by atoms with Crippen molar-refractivity contribution in [3.05, 3.63) is 48.0 Å². The summed E-state index contributed by atoms with van der Waals surface area (Å²) in [6.45, 7) is 2.37. The van der Waals surface area contributed by atoms with Crippen LogP contribution < -0.4 is 15.5 Å². The van der Waals surface area contributed by atoms with E-state index in [1.165, 1.54) is 23.9 Å². The maximum Gasteiger partial charge on any atom is 0.416 e. The molecule has 2 fully saturated rings. The number of nitrogens with zero attached hydrogens (tertiary/aromatic N) is 2. The molecule has 10 heteroatoms. The first-order chi connectivity index (χ1) is 15.7. The predicted octanol–water partition coefficient (Wildman–Crippen LogP) is 3.18. The van der Waals surface area contributed by atoms with Gasteiger partial charge in [-0.1, -0.05) is 23.9 Å². The fourth-order valence-electron chi connectivity index (χ4n) is 4.83. The summed E-state index contributed by atoms with van der Waals surface area (Å²) < 4.78 is 40.2. The number of para-hydroxylation sites is 1. The van der Waals surface area contributed by atoms with Gasteiger partial charge in [-0.05, 0) is 43.2 Å². The van der Waals surface area contributed by atoms with E-state index in [0.29, 0.717) is 44.8 Å². The summed E-state index contributed by atoms with van der Waals surface area (Å²) in [5.41, 5.74) is 0.0245. The van der Waals surface area contributed by atoms with Crippen LogP contribution in [0.1, 0.15) is 18.4 Å². The molecule has 3 heterocycles. The predicted molar refractivity (Wildman–Crippen MR) is 120 cm³/mol. The van der Waals surface area contributed by atoms with Crippen LogP contribution in [0, 0.1) is 0 Å². The second kappa shape index (κ2) is 8.50. The molecule has 3 aliphatic heterocycles. The first-order valence-corrected chi connectivity index (χ1v) is 11.8. The van der Waals surface area contributed by atoms with Crippen LogP contribution in [-0.2, 0) is 11.0 Å². The van der Waals surface area contributed by atoms with Gasteiger partial charge in [-0.2, -0.15) is 13.2 Å². The highest BCUT2D eigenvalue weighted by molar-refractivity contribution is 7.99. The zero-order chi connectivity index (χ0) is 23.2. The topological polar surface area (TPSA) is 67.8 Å². The molecule has 0 bridgehead atoms. The van der Waals surface area contributed by atoms with E-state index in [4.69, 9.17) is 0 Å². The second-order valence-corrected chi connectivity index (χ2v) is 9.84. The number of carbonyl (C=O) groups excluding carboxylic acids is 1. The number of piperidine rings is 1. The summed E-state index contributed by atoms with van der Waals surface area (Å²) in [5.74, 6) is 0.0298. The molecule has 3 N–H and O–H groups in total. The molecular formula is C23H25F3N4O2S. The average molecular weight is 479 g/mol. The lowest BCUT2D eigenvalue weighted by Gasteiger charge is -2.39. The van der Waals surface area contributed by atoms with Gasteiger partial charge in [0.05, 0.1) is 36.3 Å². The molecule has 5 rings (SSSR count). The van der Waals surface area contributed by atoms with E-state index >= 15 is 0 Å². The molecule has 33 heavy (non-hydrogen) atoms. The molecule has 2 aromatic rings. The number of hydrogen-bond acceptors (Lipinski definition) is 6. The molecule has 2 saturated heterocycles. The van der Waals surface area contributed by atoms with Gasteiger partial charge in [0, 0.05) is 29.4 Å². The number of anilines is 2. The molecular weight excluding hydrogens is 453 g/mol. The average Bonchev–Trinajstić information content (AvgIpc) is 3.14. The van der Waals surface area contributed by atoms with Gasteiger partial charge in [-0.15, -0.1) is 0 Å². The Labute approximate surface area is 194 Å². The van der Waals surface area contributed by atoms with Gasteiger partial charge in [-0.3, -0.25) is 10.1 Å². The highest BCUT2D eigenvalue weighted by Gasteiger charge is 2.44. The van der Waals surface area contributed by atoms with E-state index in [1.54, 1.807) is 4.90 Å². The number of benzene rings is 2. The van der Waals surface area contributed by atoms with Crippen LogP contribution in [0.25, 0.3) is 0 Å². The van der Waals surface area contributed by atoms with Crippen LogP contribution in [0.3, 0.4) is 0 Å². The lowest BCUT2D eigenvalue weighted by molar-refractivity contribution is -0.137. The maximum absolute atomic E-state index is 13.4. The smallest absolute Gasteiger partial charge is 0.390 e. The zero-order valence-electron chi connectivity index (χ0n) is 17.9. The van der Waals surface area contributed by atoms with E-state index in [2.05, 4.69) is 15.5 Å². The molecule has 1 amide bonds. The van der Waals surface area contributed by atoms with E-state index in [1.807, 2.05) is 24.3 Å². The minimum Gasteiger partial charge on any atom is -0.390 e. The van der Waals surface area contributed by atoms with Crippen molar-refractivity contribution in [1.82, 2.24) is 15.5 Å². The Kier molecular flexibility index (Phi) is 5.80. The summed E-state index contributed by atoms with van der Waals surface area (Å²) in [5, 5.41) is 17.0. The Morgan fingerprint density at radius 3 is 2.48 bits per heavy atom. The molecule has 0 aliphatic carbocycles. The number of aliphatic hydroxyl groups excluding tert-OH is 1. The van der Waals surface area contributed by atoms with E-state index in [9.17, 15) is 23.1 Å². The summed E-state index contributed by atoms with van der Waals surface area (Å²) in [7, 11) is 0. The lowest BCUT2D eigenvalue weighted by atomic mass is 9.87. The summed E-state index contributed by atoms with van der Waals surface area (Å²) >= 11 is 1.43. The summed E-state index contributed by atoms with van der Waals surface area (Å²) in [4.78, 5) is 17.7. The van der Waals surface area contributed by atoms with Gasteiger partial charge in [0.25, 0.3) is 0 Å². The Morgan fingerprint density at radius 1 is 1.06 bits per heavy atom. The van der Waals surface area contributed by atoms with Gasteiger partial charge in [0.2, 0.25) is 5.91 Å². The van der Waals surface area contributed by atoms with E-state index in [-0.39, 0.29) is 12.5 Å². The highest BCUT2D eigenvalue weighted by Crippen LogP contribution is 2.49. The SMILES string of the molecule is O=C1NCNC12CCN(CC(O)CN1c3ccccc3Sc3ccc(C(F)(F)F)cc31)CC2. The van der Waals surface area contributed by atoms with Crippen LogP contribution in [0.15, 0.2) is 52.3 Å². The van der Waals surface area contributed by atoms with Crippen LogP contribution in [0.5, 0.6) is 0 Å². The number of β-amino-alcohol motifs (C(OH)–C–C–N with tert-alkyl or cyclic N) is 1. The Balaban J connectivity index is 1.33. The third kappa shape index (κ3) is 4.32. The number of nitrogens with one attached hydrogen (secondary N) is 2. The second-order valence-electron chi connectivity index (χ2n) is 8.76. The van der Waals surface area contributed by atoms with Gasteiger partial charge >= 0.3 is 6.18 Å². The molecule has 6 nitrogen and oxygen atoms in total. The molecule has 2 aromatic carbocycles. The van der Waals surface area contributed by atoms with Crippen molar-refractivity contribution in [1.29, 1.82) is 0 Å². The molecule has 1 spiro atoms. The van der Waals surface area contributed by atoms with Crippen LogP contribution in [0.2, 0.25) is 0 Å². The van der Waals surface area contributed by atoms with Crippen molar-refractivity contribution in [2.75, 3.05) is 37.7 Å². The number of likely N-dealkylation sites (tertiary alicyclic amines) is 1. The molecule has 1 atom stereocenters. The quantitative estimate of drug-likeness (QED) is 0.628. The number of alkyl halides is 3. The van der Waals surface area contributed by atoms with Crippen molar-refractivity contribution in [3.63, 3.8) is 0 Å². The van der Waals surface area contributed by atoms with Crippen LogP contribution in [-0.4, -0.2) is 60.4 Å². The van der Waals surface area contributed by atoms with Crippen molar-refractivity contribution < 1.29 is 23.1 Å². The summed E-state index contributed by atoms with van der Waals surface area (Å²) in [6.07, 6.45) is -3.90. The first-order valence-electron chi connectivity index (χ1n) is 10.9. The van der Waals surface area contributed by atoms with Crippen LogP contribution in [0.4, 0.5) is 24.5 Å². The molecule has 1 unspecified atom stereocenters. The van der Waals surface area contributed by atoms with Gasteiger partial charge in [-0.25, -0.2) is 0 Å². The largest absolute Gasteiger partial charge is 0.416 e. The van der Waals surface area contributed by atoms with Crippen molar-refractivity contribution in [2.45, 2.75) is 40.5 Å². The van der Waals surface area contributed by atoms with Crippen molar-refractivity contribution in [3.8, 4) is 0 Å². The minimum absolute atomic E-state index is 0.0298. The summed E-state index contributed by atoms with van der Waals surface area (Å²) in [6, 6.07) is 11.3. The Bertz CT molecular complexity index is 1060. The van der Waals surface area contributed by atoms with Crippen molar-refractivity contribution in [2.24, 2.45) is 0 Å². The normalized spacial score (nSPS) is 21.0. The third-order valence-corrected chi connectivity index (χ3v) is 7.77.